The second-order valence-electron chi connectivity index (χ2n) is 14.0. The molecule has 0 bridgehead atoms. The standard InChI is InChI=1S/C51H31N3O/c1-3-13-32(14-4-1)35-18-11-19-36(29-35)37-26-28-46-45(30-37)48-42(23-12-24-47(48)55-46)50-52-49(34-16-5-2-6-17-34)53-51(54-50)44-31-43-38-20-8-7-15-33(38)25-27-41(43)39-21-9-10-22-40(39)44/h1-31H. The molecule has 55 heavy (non-hydrogen) atoms. The maximum atomic E-state index is 6.50. The van der Waals surface area contributed by atoms with Crippen LogP contribution >= 0.6 is 0 Å². The van der Waals surface area contributed by atoms with E-state index < -0.39 is 0 Å². The Morgan fingerprint density at radius 1 is 0.291 bits per heavy atom. The zero-order chi connectivity index (χ0) is 36.3. The van der Waals surface area contributed by atoms with E-state index in [0.717, 1.165) is 60.5 Å². The first kappa shape index (κ1) is 31.1. The van der Waals surface area contributed by atoms with Crippen LogP contribution in [0.5, 0.6) is 0 Å². The van der Waals surface area contributed by atoms with Gasteiger partial charge in [0, 0.05) is 27.5 Å². The zero-order valence-electron chi connectivity index (χ0n) is 29.6. The van der Waals surface area contributed by atoms with E-state index in [-0.39, 0.29) is 0 Å². The molecular formula is C51H31N3O. The van der Waals surface area contributed by atoms with Gasteiger partial charge >= 0.3 is 0 Å². The summed E-state index contributed by atoms with van der Waals surface area (Å²) in [5, 5.41) is 9.01. The molecule has 4 heteroatoms. The van der Waals surface area contributed by atoms with Gasteiger partial charge in [-0.1, -0.05) is 158 Å². The van der Waals surface area contributed by atoms with E-state index in [1.54, 1.807) is 0 Å². The highest BCUT2D eigenvalue weighted by molar-refractivity contribution is 6.21. The van der Waals surface area contributed by atoms with Crippen LogP contribution in [-0.4, -0.2) is 15.0 Å². The van der Waals surface area contributed by atoms with Crippen molar-refractivity contribution < 1.29 is 4.42 Å². The van der Waals surface area contributed by atoms with Gasteiger partial charge in [-0.25, -0.2) is 15.0 Å². The topological polar surface area (TPSA) is 51.8 Å². The average molecular weight is 702 g/mol. The molecule has 2 heterocycles. The molecule has 0 saturated carbocycles. The molecule has 0 unspecified atom stereocenters. The van der Waals surface area contributed by atoms with E-state index >= 15 is 0 Å². The van der Waals surface area contributed by atoms with Crippen molar-refractivity contribution in [3.05, 3.63) is 188 Å². The highest BCUT2D eigenvalue weighted by Crippen LogP contribution is 2.41. The van der Waals surface area contributed by atoms with Gasteiger partial charge in [-0.2, -0.15) is 0 Å². The number of aromatic nitrogens is 3. The second-order valence-corrected chi connectivity index (χ2v) is 14.0. The molecule has 256 valence electrons. The molecule has 11 rings (SSSR count). The van der Waals surface area contributed by atoms with Crippen molar-refractivity contribution in [1.82, 2.24) is 15.0 Å². The molecule has 0 aliphatic heterocycles. The van der Waals surface area contributed by atoms with Gasteiger partial charge in [0.05, 0.1) is 0 Å². The number of nitrogens with zero attached hydrogens (tertiary/aromatic N) is 3. The van der Waals surface area contributed by atoms with Crippen LogP contribution in [0.3, 0.4) is 0 Å². The second kappa shape index (κ2) is 12.6. The first-order valence-corrected chi connectivity index (χ1v) is 18.5. The summed E-state index contributed by atoms with van der Waals surface area (Å²) in [4.78, 5) is 15.7. The minimum absolute atomic E-state index is 0.593. The summed E-state index contributed by atoms with van der Waals surface area (Å²) in [6.45, 7) is 0. The van der Waals surface area contributed by atoms with Crippen molar-refractivity contribution >= 4 is 54.3 Å². The Morgan fingerprint density at radius 2 is 0.891 bits per heavy atom. The van der Waals surface area contributed by atoms with Gasteiger partial charge in [0.1, 0.15) is 11.2 Å². The van der Waals surface area contributed by atoms with Crippen LogP contribution in [0.15, 0.2) is 192 Å². The Kier molecular flexibility index (Phi) is 7.14. The van der Waals surface area contributed by atoms with Gasteiger partial charge < -0.3 is 4.42 Å². The van der Waals surface area contributed by atoms with E-state index in [1.807, 2.05) is 36.4 Å². The molecule has 0 fully saturated rings. The molecule has 0 aliphatic carbocycles. The van der Waals surface area contributed by atoms with Crippen LogP contribution in [0, 0.1) is 0 Å². The van der Waals surface area contributed by atoms with Crippen molar-refractivity contribution in [1.29, 1.82) is 0 Å². The van der Waals surface area contributed by atoms with Crippen LogP contribution < -0.4 is 0 Å². The summed E-state index contributed by atoms with van der Waals surface area (Å²) in [7, 11) is 0. The van der Waals surface area contributed by atoms with E-state index in [2.05, 4.69) is 152 Å². The quantitative estimate of drug-likeness (QED) is 0.168. The van der Waals surface area contributed by atoms with E-state index in [4.69, 9.17) is 19.4 Å². The monoisotopic (exact) mass is 701 g/mol. The largest absolute Gasteiger partial charge is 0.456 e. The summed E-state index contributed by atoms with van der Waals surface area (Å²) >= 11 is 0. The van der Waals surface area contributed by atoms with Crippen molar-refractivity contribution in [3.8, 4) is 56.4 Å². The molecule has 0 saturated heterocycles. The van der Waals surface area contributed by atoms with Gasteiger partial charge in [-0.15, -0.1) is 0 Å². The highest BCUT2D eigenvalue weighted by atomic mass is 16.3. The maximum absolute atomic E-state index is 6.50. The molecule has 0 amide bonds. The highest BCUT2D eigenvalue weighted by Gasteiger charge is 2.20. The van der Waals surface area contributed by atoms with Crippen molar-refractivity contribution in [2.75, 3.05) is 0 Å². The lowest BCUT2D eigenvalue weighted by Crippen LogP contribution is -2.01. The third-order valence-corrected chi connectivity index (χ3v) is 10.7. The molecule has 0 spiro atoms. The van der Waals surface area contributed by atoms with Gasteiger partial charge in [0.15, 0.2) is 17.5 Å². The number of hydrogen-bond acceptors (Lipinski definition) is 4. The minimum Gasteiger partial charge on any atom is -0.456 e. The van der Waals surface area contributed by atoms with Gasteiger partial charge in [0.2, 0.25) is 0 Å². The fourth-order valence-corrected chi connectivity index (χ4v) is 8.08. The molecular weight excluding hydrogens is 671 g/mol. The van der Waals surface area contributed by atoms with Crippen molar-refractivity contribution in [2.24, 2.45) is 0 Å². The molecule has 11 aromatic rings. The predicted octanol–water partition coefficient (Wildman–Crippen LogP) is 13.6. The number of benzene rings is 9. The van der Waals surface area contributed by atoms with Gasteiger partial charge in [-0.3, -0.25) is 0 Å². The first-order chi connectivity index (χ1) is 27.2. The van der Waals surface area contributed by atoms with Crippen LogP contribution in [0.25, 0.3) is 111 Å². The zero-order valence-corrected chi connectivity index (χ0v) is 29.6. The lowest BCUT2D eigenvalue weighted by atomic mass is 9.93. The Balaban J connectivity index is 1.15. The van der Waals surface area contributed by atoms with Crippen LogP contribution in [0.4, 0.5) is 0 Å². The van der Waals surface area contributed by atoms with Crippen LogP contribution in [0.2, 0.25) is 0 Å². The molecule has 0 atom stereocenters. The van der Waals surface area contributed by atoms with E-state index in [0.29, 0.717) is 17.5 Å². The third kappa shape index (κ3) is 5.26. The summed E-state index contributed by atoms with van der Waals surface area (Å²) < 4.78 is 6.50. The molecule has 4 nitrogen and oxygen atoms in total. The van der Waals surface area contributed by atoms with Gasteiger partial charge in [0.25, 0.3) is 0 Å². The third-order valence-electron chi connectivity index (χ3n) is 10.7. The Bertz CT molecular complexity index is 3260. The summed E-state index contributed by atoms with van der Waals surface area (Å²) in [5.41, 5.74) is 8.99. The summed E-state index contributed by atoms with van der Waals surface area (Å²) in [6, 6.07) is 65.8. The Labute approximate surface area is 317 Å². The normalized spacial score (nSPS) is 11.6. The molecule has 9 aromatic carbocycles. The Hall–Kier alpha value is -7.43. The van der Waals surface area contributed by atoms with E-state index in [9.17, 15) is 0 Å². The smallest absolute Gasteiger partial charge is 0.164 e. The fourth-order valence-electron chi connectivity index (χ4n) is 8.08. The molecule has 2 aromatic heterocycles. The van der Waals surface area contributed by atoms with Crippen molar-refractivity contribution in [3.63, 3.8) is 0 Å². The van der Waals surface area contributed by atoms with Crippen LogP contribution in [0.1, 0.15) is 0 Å². The SMILES string of the molecule is c1ccc(-c2cccc(-c3ccc4oc5cccc(-c6nc(-c7ccccc7)nc(-c7cc8c9ccccc9ccc8c8ccccc78)n6)c5c4c3)c2)cc1. The fraction of sp³-hybridized carbons (Fsp3) is 0. The summed E-state index contributed by atoms with van der Waals surface area (Å²) in [6.07, 6.45) is 0. The lowest BCUT2D eigenvalue weighted by molar-refractivity contribution is 0.669. The van der Waals surface area contributed by atoms with E-state index in [1.165, 1.54) is 32.7 Å². The van der Waals surface area contributed by atoms with Crippen LogP contribution in [-0.2, 0) is 0 Å². The number of rotatable bonds is 5. The average Bonchev–Trinajstić information content (AvgIpc) is 3.65. The molecule has 0 radical (unpaired) electrons. The number of fused-ring (bicyclic) bond motifs is 8. The number of furan rings is 1. The lowest BCUT2D eigenvalue weighted by Gasteiger charge is -2.14. The summed E-state index contributed by atoms with van der Waals surface area (Å²) in [5.74, 6) is 1.83. The number of hydrogen-bond donors (Lipinski definition) is 0. The minimum atomic E-state index is 0.593. The maximum Gasteiger partial charge on any atom is 0.164 e. The van der Waals surface area contributed by atoms with Gasteiger partial charge in [-0.05, 0) is 84.9 Å². The first-order valence-electron chi connectivity index (χ1n) is 18.5. The molecule has 0 aliphatic rings. The predicted molar refractivity (Wildman–Crippen MR) is 227 cm³/mol. The van der Waals surface area contributed by atoms with Crippen molar-refractivity contribution in [2.45, 2.75) is 0 Å². The molecule has 0 N–H and O–H groups in total. The Morgan fingerprint density at radius 3 is 1.71 bits per heavy atom.